The molecule has 2 heterocycles. The second-order valence-electron chi connectivity index (χ2n) is 6.01. The summed E-state index contributed by atoms with van der Waals surface area (Å²) in [5.74, 6) is -0.294. The Morgan fingerprint density at radius 1 is 1.15 bits per heavy atom. The fourth-order valence-electron chi connectivity index (χ4n) is 2.77. The number of hydrogen-bond donors (Lipinski definition) is 1. The van der Waals surface area contributed by atoms with E-state index in [1.54, 1.807) is 10.9 Å². The molecule has 2 N–H and O–H groups in total. The molecule has 1 aromatic carbocycles. The van der Waals surface area contributed by atoms with Gasteiger partial charge >= 0.3 is 6.36 Å². The number of ether oxygens (including phenoxy) is 1. The number of hydrogen-bond acceptors (Lipinski definition) is 5. The number of halogens is 3. The largest absolute Gasteiger partial charge is 0.573 e. The average Bonchev–Trinajstić information content (AvgIpc) is 2.93. The smallest absolute Gasteiger partial charge is 0.406 e. The Morgan fingerprint density at radius 2 is 1.85 bits per heavy atom. The maximum Gasteiger partial charge on any atom is 0.573 e. The predicted octanol–water partition coefficient (Wildman–Crippen LogP) is 2.84. The van der Waals surface area contributed by atoms with Gasteiger partial charge in [0.15, 0.2) is 5.65 Å². The van der Waals surface area contributed by atoms with Gasteiger partial charge in [-0.25, -0.2) is 9.67 Å². The van der Waals surface area contributed by atoms with E-state index in [4.69, 9.17) is 5.73 Å². The number of aromatic nitrogens is 3. The van der Waals surface area contributed by atoms with E-state index in [0.717, 1.165) is 10.9 Å². The summed E-state index contributed by atoms with van der Waals surface area (Å²) in [7, 11) is 3.91. The number of alkyl halides is 3. The molecular weight excluding hydrogens is 347 g/mol. The lowest BCUT2D eigenvalue weighted by molar-refractivity contribution is -0.274. The first-order valence-electron chi connectivity index (χ1n) is 7.85. The van der Waals surface area contributed by atoms with Gasteiger partial charge in [-0.15, -0.1) is 13.2 Å². The summed E-state index contributed by atoms with van der Waals surface area (Å²) in [4.78, 5) is 6.41. The minimum atomic E-state index is -4.73. The number of benzene rings is 1. The van der Waals surface area contributed by atoms with Crippen molar-refractivity contribution in [1.29, 1.82) is 0 Å². The van der Waals surface area contributed by atoms with Crippen LogP contribution < -0.4 is 10.5 Å². The Kier molecular flexibility index (Phi) is 4.84. The molecule has 0 aliphatic carbocycles. The number of fused-ring (bicyclic) bond motifs is 1. The fourth-order valence-corrected chi connectivity index (χ4v) is 2.77. The van der Waals surface area contributed by atoms with E-state index in [2.05, 4.69) is 14.8 Å². The molecule has 6 nitrogen and oxygen atoms in total. The molecule has 0 spiro atoms. The van der Waals surface area contributed by atoms with Crippen LogP contribution in [0.3, 0.4) is 0 Å². The number of nitrogens with two attached hydrogens (primary N) is 1. The van der Waals surface area contributed by atoms with Crippen LogP contribution in [0.25, 0.3) is 16.7 Å². The first-order valence-corrected chi connectivity index (χ1v) is 7.85. The minimum Gasteiger partial charge on any atom is -0.406 e. The van der Waals surface area contributed by atoms with Gasteiger partial charge in [-0.3, -0.25) is 0 Å². The Bertz CT molecular complexity index is 903. The molecule has 0 atom stereocenters. The van der Waals surface area contributed by atoms with E-state index >= 15 is 0 Å². The van der Waals surface area contributed by atoms with Gasteiger partial charge < -0.3 is 15.4 Å². The van der Waals surface area contributed by atoms with E-state index < -0.39 is 6.36 Å². The summed E-state index contributed by atoms with van der Waals surface area (Å²) in [6.07, 6.45) is -3.05. The van der Waals surface area contributed by atoms with E-state index in [-0.39, 0.29) is 12.3 Å². The molecule has 138 valence electrons. The molecule has 3 rings (SSSR count). The van der Waals surface area contributed by atoms with Gasteiger partial charge in [0.05, 0.1) is 11.4 Å². The van der Waals surface area contributed by atoms with Crippen molar-refractivity contribution in [3.05, 3.63) is 47.8 Å². The lowest BCUT2D eigenvalue weighted by Crippen LogP contribution is -2.17. The van der Waals surface area contributed by atoms with Crippen LogP contribution in [0.5, 0.6) is 5.75 Å². The van der Waals surface area contributed by atoms with Gasteiger partial charge in [-0.1, -0.05) is 0 Å². The van der Waals surface area contributed by atoms with Gasteiger partial charge in [-0.05, 0) is 50.0 Å². The van der Waals surface area contributed by atoms with E-state index in [9.17, 15) is 13.2 Å². The molecule has 0 saturated carbocycles. The molecule has 3 aromatic rings. The second kappa shape index (κ2) is 6.93. The molecule has 0 amide bonds. The molecule has 0 radical (unpaired) electrons. The predicted molar refractivity (Wildman–Crippen MR) is 90.8 cm³/mol. The summed E-state index contributed by atoms with van der Waals surface area (Å²) in [6, 6.07) is 7.38. The van der Waals surface area contributed by atoms with Crippen molar-refractivity contribution in [2.24, 2.45) is 5.73 Å². The third kappa shape index (κ3) is 3.78. The van der Waals surface area contributed by atoms with Crippen LogP contribution in [0.4, 0.5) is 13.2 Å². The molecule has 26 heavy (non-hydrogen) atoms. The Hall–Kier alpha value is -2.65. The summed E-state index contributed by atoms with van der Waals surface area (Å²) in [5, 5.41) is 5.36. The molecule has 0 bridgehead atoms. The third-order valence-electron chi connectivity index (χ3n) is 3.72. The Balaban J connectivity index is 2.05. The first-order chi connectivity index (χ1) is 12.3. The van der Waals surface area contributed by atoms with Crippen LogP contribution in [0, 0.1) is 0 Å². The molecule has 0 aliphatic heterocycles. The molecule has 2 aromatic heterocycles. The minimum absolute atomic E-state index is 0.227. The topological polar surface area (TPSA) is 69.2 Å². The zero-order chi connectivity index (χ0) is 18.9. The SMILES string of the molecule is CN(C)Cc1ccnc2c1c(CN)nn2-c1ccc(OC(F)(F)F)cc1. The molecule has 0 unspecified atom stereocenters. The zero-order valence-corrected chi connectivity index (χ0v) is 14.3. The van der Waals surface area contributed by atoms with Crippen molar-refractivity contribution in [3.8, 4) is 11.4 Å². The average molecular weight is 365 g/mol. The Labute approximate surface area is 148 Å². The van der Waals surface area contributed by atoms with Crippen LogP contribution in [-0.4, -0.2) is 40.1 Å². The van der Waals surface area contributed by atoms with Crippen molar-refractivity contribution in [3.63, 3.8) is 0 Å². The van der Waals surface area contributed by atoms with Crippen molar-refractivity contribution < 1.29 is 17.9 Å². The monoisotopic (exact) mass is 365 g/mol. The number of pyridine rings is 1. The number of nitrogens with zero attached hydrogens (tertiary/aromatic N) is 4. The van der Waals surface area contributed by atoms with Crippen molar-refractivity contribution >= 4 is 11.0 Å². The normalized spacial score (nSPS) is 12.1. The van der Waals surface area contributed by atoms with Crippen LogP contribution >= 0.6 is 0 Å². The lowest BCUT2D eigenvalue weighted by Gasteiger charge is -2.11. The molecular formula is C17H18F3N5O. The maximum atomic E-state index is 12.3. The van der Waals surface area contributed by atoms with Crippen LogP contribution in [0.1, 0.15) is 11.3 Å². The maximum absolute atomic E-state index is 12.3. The van der Waals surface area contributed by atoms with Crippen LogP contribution in [-0.2, 0) is 13.1 Å². The van der Waals surface area contributed by atoms with Crippen molar-refractivity contribution in [2.45, 2.75) is 19.5 Å². The fraction of sp³-hybridized carbons (Fsp3) is 0.294. The third-order valence-corrected chi connectivity index (χ3v) is 3.72. The standard InChI is InChI=1S/C17H18F3N5O/c1-24(2)10-11-7-8-22-16-15(11)14(9-21)23-25(16)12-3-5-13(6-4-12)26-17(18,19)20/h3-8H,9-10,21H2,1-2H3. The van der Waals surface area contributed by atoms with E-state index in [1.807, 2.05) is 25.1 Å². The highest BCUT2D eigenvalue weighted by Gasteiger charge is 2.31. The van der Waals surface area contributed by atoms with Crippen molar-refractivity contribution in [2.75, 3.05) is 14.1 Å². The van der Waals surface area contributed by atoms with Gasteiger partial charge in [0.25, 0.3) is 0 Å². The van der Waals surface area contributed by atoms with Gasteiger partial charge in [0, 0.05) is 24.7 Å². The quantitative estimate of drug-likeness (QED) is 0.753. The molecule has 0 saturated heterocycles. The first kappa shape index (κ1) is 18.2. The molecule has 0 aliphatic rings. The summed E-state index contributed by atoms with van der Waals surface area (Å²) in [5.41, 5.74) is 8.72. The highest BCUT2D eigenvalue weighted by atomic mass is 19.4. The molecule has 0 fully saturated rings. The summed E-state index contributed by atoms with van der Waals surface area (Å²) < 4.78 is 42.4. The van der Waals surface area contributed by atoms with Gasteiger partial charge in [-0.2, -0.15) is 5.10 Å². The number of rotatable bonds is 5. The van der Waals surface area contributed by atoms with E-state index in [0.29, 0.717) is 23.6 Å². The highest BCUT2D eigenvalue weighted by Crippen LogP contribution is 2.27. The van der Waals surface area contributed by atoms with Crippen LogP contribution in [0.2, 0.25) is 0 Å². The van der Waals surface area contributed by atoms with Crippen LogP contribution in [0.15, 0.2) is 36.5 Å². The summed E-state index contributed by atoms with van der Waals surface area (Å²) in [6.45, 7) is 0.918. The van der Waals surface area contributed by atoms with Gasteiger partial charge in [0.1, 0.15) is 5.75 Å². The molecule has 9 heteroatoms. The lowest BCUT2D eigenvalue weighted by atomic mass is 10.1. The Morgan fingerprint density at radius 3 is 2.42 bits per heavy atom. The van der Waals surface area contributed by atoms with Crippen molar-refractivity contribution in [1.82, 2.24) is 19.7 Å². The summed E-state index contributed by atoms with van der Waals surface area (Å²) >= 11 is 0. The zero-order valence-electron chi connectivity index (χ0n) is 14.3. The highest BCUT2D eigenvalue weighted by molar-refractivity contribution is 5.83. The van der Waals surface area contributed by atoms with Gasteiger partial charge in [0.2, 0.25) is 0 Å². The second-order valence-corrected chi connectivity index (χ2v) is 6.01. The van der Waals surface area contributed by atoms with E-state index in [1.165, 1.54) is 24.3 Å².